The van der Waals surface area contributed by atoms with Crippen LogP contribution in [0.1, 0.15) is 61.9 Å². The molecule has 0 bridgehead atoms. The number of carboxylic acids is 1. The van der Waals surface area contributed by atoms with Crippen LogP contribution in [0.25, 0.3) is 0 Å². The molecule has 0 aliphatic heterocycles. The zero-order chi connectivity index (χ0) is 17.5. The van der Waals surface area contributed by atoms with Crippen LogP contribution in [0, 0.1) is 5.92 Å². The van der Waals surface area contributed by atoms with Crippen LogP contribution in [0.5, 0.6) is 0 Å². The number of rotatable bonds is 5. The first kappa shape index (κ1) is 16.8. The predicted octanol–water partition coefficient (Wildman–Crippen LogP) is 3.89. The van der Waals surface area contributed by atoms with Gasteiger partial charge in [-0.25, -0.2) is 9.59 Å². The van der Waals surface area contributed by atoms with Crippen LogP contribution in [-0.4, -0.2) is 40.3 Å². The lowest BCUT2D eigenvalue weighted by molar-refractivity contribution is 0.0220. The van der Waals surface area contributed by atoms with Gasteiger partial charge in [0.2, 0.25) is 0 Å². The zero-order valence-electron chi connectivity index (χ0n) is 14.5. The van der Waals surface area contributed by atoms with Crippen molar-refractivity contribution in [3.05, 3.63) is 35.4 Å². The third-order valence-electron chi connectivity index (χ3n) is 4.50. The van der Waals surface area contributed by atoms with E-state index in [4.69, 9.17) is 9.84 Å². The Bertz CT molecular complexity index is 645. The highest BCUT2D eigenvalue weighted by molar-refractivity contribution is 5.87. The molecule has 2 aliphatic carbocycles. The molecule has 1 N–H and O–H groups in total. The van der Waals surface area contributed by atoms with Gasteiger partial charge in [0.05, 0.1) is 5.56 Å². The Morgan fingerprint density at radius 2 is 2.00 bits per heavy atom. The average Bonchev–Trinajstić information content (AvgIpc) is 3.36. The number of amides is 1. The number of carbonyl (C=O) groups excluding carboxylic acids is 1. The van der Waals surface area contributed by atoms with Crippen molar-refractivity contribution in [3.8, 4) is 0 Å². The fourth-order valence-corrected chi connectivity index (χ4v) is 3.03. The molecule has 2 atom stereocenters. The van der Waals surface area contributed by atoms with Crippen molar-refractivity contribution in [2.75, 3.05) is 6.54 Å². The Morgan fingerprint density at radius 3 is 2.58 bits per heavy atom. The molecule has 0 saturated heterocycles. The van der Waals surface area contributed by atoms with E-state index >= 15 is 0 Å². The minimum absolute atomic E-state index is 0.115. The second-order valence-corrected chi connectivity index (χ2v) is 7.92. The molecule has 5 heteroatoms. The van der Waals surface area contributed by atoms with E-state index in [0.717, 1.165) is 18.5 Å². The Hall–Kier alpha value is -2.04. The highest BCUT2D eigenvalue weighted by atomic mass is 16.6. The number of aromatic carboxylic acids is 1. The maximum absolute atomic E-state index is 12.6. The molecular weight excluding hydrogens is 306 g/mol. The first-order chi connectivity index (χ1) is 11.2. The normalized spacial score (nSPS) is 22.8. The lowest BCUT2D eigenvalue weighted by Crippen LogP contribution is -2.40. The van der Waals surface area contributed by atoms with E-state index in [9.17, 15) is 9.59 Å². The SMILES string of the molecule is CC(C)(C)OC(=O)N(CC1CC1)C1CC1c1cccc(C(=O)O)c1. The maximum Gasteiger partial charge on any atom is 0.410 e. The first-order valence-electron chi connectivity index (χ1n) is 8.57. The van der Waals surface area contributed by atoms with Crippen LogP contribution >= 0.6 is 0 Å². The van der Waals surface area contributed by atoms with E-state index in [1.54, 1.807) is 18.2 Å². The highest BCUT2D eigenvalue weighted by Gasteiger charge is 2.47. The minimum Gasteiger partial charge on any atom is -0.478 e. The molecule has 0 heterocycles. The summed E-state index contributed by atoms with van der Waals surface area (Å²) < 4.78 is 5.57. The molecule has 2 saturated carbocycles. The van der Waals surface area contributed by atoms with Gasteiger partial charge in [0, 0.05) is 18.5 Å². The van der Waals surface area contributed by atoms with Crippen LogP contribution in [0.3, 0.4) is 0 Å². The standard InChI is InChI=1S/C19H25NO4/c1-19(2,3)24-18(23)20(11-12-7-8-12)16-10-15(16)13-5-4-6-14(9-13)17(21)22/h4-6,9,12,15-16H,7-8,10-11H2,1-3H3,(H,21,22). The van der Waals surface area contributed by atoms with Crippen molar-refractivity contribution in [1.29, 1.82) is 0 Å². The summed E-state index contributed by atoms with van der Waals surface area (Å²) in [6, 6.07) is 7.15. The summed E-state index contributed by atoms with van der Waals surface area (Å²) in [4.78, 5) is 25.6. The van der Waals surface area contributed by atoms with E-state index in [2.05, 4.69) is 0 Å². The summed E-state index contributed by atoms with van der Waals surface area (Å²) in [5.74, 6) is -0.129. The summed E-state index contributed by atoms with van der Waals surface area (Å²) in [6.07, 6.45) is 2.96. The van der Waals surface area contributed by atoms with E-state index in [-0.39, 0.29) is 18.1 Å². The maximum atomic E-state index is 12.6. The van der Waals surface area contributed by atoms with Crippen molar-refractivity contribution >= 4 is 12.1 Å². The van der Waals surface area contributed by atoms with Crippen LogP contribution < -0.4 is 0 Å². The fourth-order valence-electron chi connectivity index (χ4n) is 3.03. The second-order valence-electron chi connectivity index (χ2n) is 7.92. The molecular formula is C19H25NO4. The summed E-state index contributed by atoms with van der Waals surface area (Å²) in [6.45, 7) is 6.37. The Balaban J connectivity index is 1.72. The van der Waals surface area contributed by atoms with Crippen LogP contribution in [0.2, 0.25) is 0 Å². The van der Waals surface area contributed by atoms with Gasteiger partial charge >= 0.3 is 12.1 Å². The molecule has 3 rings (SSSR count). The Kier molecular flexibility index (Phi) is 4.28. The second kappa shape index (κ2) is 6.11. The molecule has 1 amide bonds. The van der Waals surface area contributed by atoms with Crippen LogP contribution in [-0.2, 0) is 4.74 Å². The number of hydrogen-bond donors (Lipinski definition) is 1. The number of benzene rings is 1. The highest BCUT2D eigenvalue weighted by Crippen LogP contribution is 2.46. The third-order valence-corrected chi connectivity index (χ3v) is 4.50. The zero-order valence-corrected chi connectivity index (χ0v) is 14.5. The molecule has 0 spiro atoms. The van der Waals surface area contributed by atoms with E-state index in [1.807, 2.05) is 31.7 Å². The van der Waals surface area contributed by atoms with Gasteiger partial charge in [0.15, 0.2) is 0 Å². The molecule has 24 heavy (non-hydrogen) atoms. The summed E-state index contributed by atoms with van der Waals surface area (Å²) in [7, 11) is 0. The molecule has 2 fully saturated rings. The average molecular weight is 331 g/mol. The smallest absolute Gasteiger partial charge is 0.410 e. The van der Waals surface area contributed by atoms with Gasteiger partial charge in [-0.3, -0.25) is 0 Å². The third kappa shape index (κ3) is 4.08. The van der Waals surface area contributed by atoms with E-state index in [1.165, 1.54) is 12.8 Å². The van der Waals surface area contributed by atoms with Gasteiger partial charge in [-0.15, -0.1) is 0 Å². The van der Waals surface area contributed by atoms with Gasteiger partial charge in [0.25, 0.3) is 0 Å². The van der Waals surface area contributed by atoms with Crippen molar-refractivity contribution in [2.45, 2.75) is 57.6 Å². The topological polar surface area (TPSA) is 66.8 Å². The molecule has 5 nitrogen and oxygen atoms in total. The van der Waals surface area contributed by atoms with Gasteiger partial charge in [-0.05, 0) is 63.6 Å². The number of ether oxygens (including phenoxy) is 1. The number of carboxylic acid groups (broad SMARTS) is 1. The van der Waals surface area contributed by atoms with E-state index < -0.39 is 11.6 Å². The molecule has 130 valence electrons. The first-order valence-corrected chi connectivity index (χ1v) is 8.57. The fraction of sp³-hybridized carbons (Fsp3) is 0.579. The van der Waals surface area contributed by atoms with Crippen molar-refractivity contribution in [2.24, 2.45) is 5.92 Å². The lowest BCUT2D eigenvalue weighted by Gasteiger charge is -2.28. The van der Waals surface area contributed by atoms with Gasteiger partial charge in [0.1, 0.15) is 5.60 Å². The quantitative estimate of drug-likeness (QED) is 0.889. The monoisotopic (exact) mass is 331 g/mol. The lowest BCUT2D eigenvalue weighted by atomic mass is 10.1. The number of nitrogens with zero attached hydrogens (tertiary/aromatic N) is 1. The molecule has 1 aromatic carbocycles. The molecule has 1 aromatic rings. The molecule has 0 radical (unpaired) electrons. The largest absolute Gasteiger partial charge is 0.478 e. The summed E-state index contributed by atoms with van der Waals surface area (Å²) in [5.41, 5.74) is 0.778. The molecule has 2 unspecified atom stereocenters. The van der Waals surface area contributed by atoms with E-state index in [0.29, 0.717) is 11.5 Å². The predicted molar refractivity (Wildman–Crippen MR) is 90.2 cm³/mol. The van der Waals surface area contributed by atoms with Crippen molar-refractivity contribution in [1.82, 2.24) is 4.90 Å². The van der Waals surface area contributed by atoms with Gasteiger partial charge < -0.3 is 14.7 Å². The number of carbonyl (C=O) groups is 2. The molecule has 0 aromatic heterocycles. The summed E-state index contributed by atoms with van der Waals surface area (Å²) >= 11 is 0. The van der Waals surface area contributed by atoms with Crippen LogP contribution in [0.4, 0.5) is 4.79 Å². The van der Waals surface area contributed by atoms with Gasteiger partial charge in [-0.2, -0.15) is 0 Å². The Labute approximate surface area is 142 Å². The van der Waals surface area contributed by atoms with Crippen molar-refractivity contribution in [3.63, 3.8) is 0 Å². The van der Waals surface area contributed by atoms with Crippen molar-refractivity contribution < 1.29 is 19.4 Å². The van der Waals surface area contributed by atoms with Crippen LogP contribution in [0.15, 0.2) is 24.3 Å². The number of hydrogen-bond acceptors (Lipinski definition) is 3. The summed E-state index contributed by atoms with van der Waals surface area (Å²) in [5, 5.41) is 9.15. The molecule has 2 aliphatic rings. The minimum atomic E-state index is -0.920. The van der Waals surface area contributed by atoms with Gasteiger partial charge in [-0.1, -0.05) is 12.1 Å². The Morgan fingerprint density at radius 1 is 1.29 bits per heavy atom.